The number of hydrogen-bond acceptors (Lipinski definition) is 5. The number of halogens is 1. The van der Waals surface area contributed by atoms with E-state index in [4.69, 9.17) is 21.4 Å². The molecule has 1 aromatic heterocycles. The van der Waals surface area contributed by atoms with Crippen molar-refractivity contribution in [3.8, 4) is 22.7 Å². The normalized spacial score (nSPS) is 16.9. The predicted octanol–water partition coefficient (Wildman–Crippen LogP) is 5.65. The number of nitrogens with zero attached hydrogens (tertiary/aromatic N) is 3. The van der Waals surface area contributed by atoms with Gasteiger partial charge in [-0.3, -0.25) is 14.5 Å². The van der Waals surface area contributed by atoms with Gasteiger partial charge in [0.15, 0.2) is 0 Å². The Kier molecular flexibility index (Phi) is 7.06. The molecule has 9 heteroatoms. The number of methoxy groups -OCH3 is 1. The highest BCUT2D eigenvalue weighted by Crippen LogP contribution is 2.49. The summed E-state index contributed by atoms with van der Waals surface area (Å²) in [5.41, 5.74) is 4.14. The molecule has 0 spiro atoms. The van der Waals surface area contributed by atoms with E-state index in [1.54, 1.807) is 16.7 Å². The first-order valence-electron chi connectivity index (χ1n) is 12.8. The van der Waals surface area contributed by atoms with Gasteiger partial charge >= 0.3 is 0 Å². The summed E-state index contributed by atoms with van der Waals surface area (Å²) in [4.78, 5) is 28.4. The summed E-state index contributed by atoms with van der Waals surface area (Å²) < 4.78 is 7.14. The van der Waals surface area contributed by atoms with E-state index in [1.165, 1.54) is 11.8 Å². The second kappa shape index (κ2) is 10.8. The van der Waals surface area contributed by atoms with Crippen molar-refractivity contribution in [2.75, 3.05) is 24.3 Å². The summed E-state index contributed by atoms with van der Waals surface area (Å²) in [5.74, 6) is 1.14. The Bertz CT molecular complexity index is 1520. The van der Waals surface area contributed by atoms with Crippen molar-refractivity contribution >= 4 is 41.0 Å². The van der Waals surface area contributed by atoms with Gasteiger partial charge in [0.2, 0.25) is 11.8 Å². The molecule has 1 aliphatic heterocycles. The lowest BCUT2D eigenvalue weighted by Crippen LogP contribution is -2.43. The first kappa shape index (κ1) is 25.5. The SMILES string of the molecule is COc1ccc(-n2nc(-c3ccccc3)c3c2N(CC(=O)NC2CC2)C(=O)CS[C@H]3c2ccccc2Cl)cc1. The fraction of sp³-hybridized carbons (Fsp3) is 0.233. The number of rotatable bonds is 7. The molecule has 1 fully saturated rings. The van der Waals surface area contributed by atoms with E-state index in [-0.39, 0.29) is 35.4 Å². The van der Waals surface area contributed by atoms with Gasteiger partial charge in [-0.1, -0.05) is 60.1 Å². The Morgan fingerprint density at radius 3 is 2.46 bits per heavy atom. The average molecular weight is 559 g/mol. The molecule has 1 aliphatic carbocycles. The zero-order valence-electron chi connectivity index (χ0n) is 21.3. The zero-order chi connectivity index (χ0) is 26.9. The quantitative estimate of drug-likeness (QED) is 0.317. The summed E-state index contributed by atoms with van der Waals surface area (Å²) in [6, 6.07) is 25.3. The van der Waals surface area contributed by atoms with Gasteiger partial charge in [-0.15, -0.1) is 11.8 Å². The van der Waals surface area contributed by atoms with Gasteiger partial charge in [-0.25, -0.2) is 4.68 Å². The molecule has 4 aromatic rings. The van der Waals surface area contributed by atoms with Crippen molar-refractivity contribution in [1.29, 1.82) is 0 Å². The summed E-state index contributed by atoms with van der Waals surface area (Å²) >= 11 is 8.24. The number of anilines is 1. The Labute approximate surface area is 236 Å². The number of nitrogens with one attached hydrogen (secondary N) is 1. The summed E-state index contributed by atoms with van der Waals surface area (Å²) in [6.45, 7) is -0.0891. The van der Waals surface area contributed by atoms with E-state index in [0.717, 1.165) is 40.9 Å². The van der Waals surface area contributed by atoms with Crippen LogP contribution in [0.15, 0.2) is 78.9 Å². The highest BCUT2D eigenvalue weighted by atomic mass is 35.5. The predicted molar refractivity (Wildman–Crippen MR) is 155 cm³/mol. The molecule has 2 heterocycles. The second-order valence-electron chi connectivity index (χ2n) is 9.60. The summed E-state index contributed by atoms with van der Waals surface area (Å²) in [5, 5.41) is 8.46. The number of hydrogen-bond donors (Lipinski definition) is 1. The highest BCUT2D eigenvalue weighted by Gasteiger charge is 2.38. The van der Waals surface area contributed by atoms with E-state index >= 15 is 0 Å². The zero-order valence-corrected chi connectivity index (χ0v) is 22.9. The van der Waals surface area contributed by atoms with Crippen LogP contribution >= 0.6 is 23.4 Å². The number of amides is 2. The fourth-order valence-corrected chi connectivity index (χ4v) is 6.35. The van der Waals surface area contributed by atoms with E-state index < -0.39 is 0 Å². The van der Waals surface area contributed by atoms with Gasteiger partial charge in [0.25, 0.3) is 0 Å². The third-order valence-corrected chi connectivity index (χ3v) is 8.47. The Morgan fingerprint density at radius 2 is 1.77 bits per heavy atom. The van der Waals surface area contributed by atoms with Crippen molar-refractivity contribution in [1.82, 2.24) is 15.1 Å². The topological polar surface area (TPSA) is 76.5 Å². The number of ether oxygens (including phenoxy) is 1. The lowest BCUT2D eigenvalue weighted by molar-refractivity contribution is -0.123. The molecule has 0 saturated heterocycles. The fourth-order valence-electron chi connectivity index (χ4n) is 4.81. The third kappa shape index (κ3) is 5.14. The van der Waals surface area contributed by atoms with Crippen LogP contribution in [-0.2, 0) is 9.59 Å². The van der Waals surface area contributed by atoms with Crippen LogP contribution in [0.1, 0.15) is 29.2 Å². The number of benzene rings is 3. The van der Waals surface area contributed by atoms with Gasteiger partial charge < -0.3 is 10.1 Å². The molecular formula is C30H27ClN4O3S. The second-order valence-corrected chi connectivity index (χ2v) is 11.1. The molecule has 3 aromatic carbocycles. The van der Waals surface area contributed by atoms with Crippen LogP contribution in [0.2, 0.25) is 5.02 Å². The molecule has 0 bridgehead atoms. The highest BCUT2D eigenvalue weighted by molar-refractivity contribution is 8.00. The van der Waals surface area contributed by atoms with Crippen molar-refractivity contribution in [2.45, 2.75) is 24.1 Å². The molecule has 1 saturated carbocycles. The Hall–Kier alpha value is -3.75. The largest absolute Gasteiger partial charge is 0.497 e. The van der Waals surface area contributed by atoms with Crippen LogP contribution < -0.4 is 15.0 Å². The lowest BCUT2D eigenvalue weighted by atomic mass is 9.99. The minimum atomic E-state index is -0.281. The van der Waals surface area contributed by atoms with Crippen molar-refractivity contribution in [3.05, 3.63) is 95.0 Å². The molecule has 6 rings (SSSR count). The Morgan fingerprint density at radius 1 is 1.05 bits per heavy atom. The van der Waals surface area contributed by atoms with Gasteiger partial charge in [0, 0.05) is 22.2 Å². The number of thioether (sulfide) groups is 1. The smallest absolute Gasteiger partial charge is 0.240 e. The minimum absolute atomic E-state index is 0.0891. The number of carbonyl (C=O) groups is 2. The maximum Gasteiger partial charge on any atom is 0.240 e. The molecule has 1 N–H and O–H groups in total. The minimum Gasteiger partial charge on any atom is -0.497 e. The van der Waals surface area contributed by atoms with Gasteiger partial charge in [0.05, 0.1) is 29.5 Å². The van der Waals surface area contributed by atoms with Crippen LogP contribution in [0, 0.1) is 0 Å². The molecule has 198 valence electrons. The molecule has 7 nitrogen and oxygen atoms in total. The third-order valence-electron chi connectivity index (χ3n) is 6.89. The van der Waals surface area contributed by atoms with Gasteiger partial charge in [-0.2, -0.15) is 5.10 Å². The van der Waals surface area contributed by atoms with Crippen LogP contribution in [0.3, 0.4) is 0 Å². The summed E-state index contributed by atoms with van der Waals surface area (Å²) in [6.07, 6.45) is 1.94. The van der Waals surface area contributed by atoms with Gasteiger partial charge in [0.1, 0.15) is 18.1 Å². The lowest BCUT2D eigenvalue weighted by Gasteiger charge is -2.23. The molecule has 1 atom stereocenters. The first-order chi connectivity index (χ1) is 19.0. The standard InChI is InChI=1S/C30H27ClN4O3S/c1-38-22-15-13-21(14-16-22)35-30-27(28(33-35)19-7-3-2-4-8-19)29(23-9-5-6-10-24(23)31)39-18-26(37)34(30)17-25(36)32-20-11-12-20/h2-10,13-16,20,29H,11-12,17-18H2,1H3,(H,32,36)/t29-/m0/s1. The van der Waals surface area contributed by atoms with Crippen LogP contribution in [0.4, 0.5) is 5.82 Å². The van der Waals surface area contributed by atoms with E-state index in [1.807, 2.05) is 78.9 Å². The number of aromatic nitrogens is 2. The molecule has 2 aliphatic rings. The van der Waals surface area contributed by atoms with Crippen molar-refractivity contribution in [2.24, 2.45) is 0 Å². The number of fused-ring (bicyclic) bond motifs is 1. The van der Waals surface area contributed by atoms with Crippen molar-refractivity contribution in [3.63, 3.8) is 0 Å². The maximum atomic E-state index is 13.7. The molecule has 0 radical (unpaired) electrons. The molecular weight excluding hydrogens is 532 g/mol. The monoisotopic (exact) mass is 558 g/mol. The van der Waals surface area contributed by atoms with E-state index in [2.05, 4.69) is 5.32 Å². The summed E-state index contributed by atoms with van der Waals surface area (Å²) in [7, 11) is 1.62. The molecule has 0 unspecified atom stereocenters. The Balaban J connectivity index is 1.60. The van der Waals surface area contributed by atoms with Gasteiger partial charge in [-0.05, 0) is 48.7 Å². The molecule has 2 amide bonds. The average Bonchev–Trinajstić information content (AvgIpc) is 3.71. The first-order valence-corrected chi connectivity index (χ1v) is 14.2. The number of carbonyl (C=O) groups excluding carboxylic acids is 2. The van der Waals surface area contributed by atoms with E-state index in [9.17, 15) is 9.59 Å². The van der Waals surface area contributed by atoms with Crippen LogP contribution in [0.25, 0.3) is 16.9 Å². The van der Waals surface area contributed by atoms with Crippen LogP contribution in [0.5, 0.6) is 5.75 Å². The maximum absolute atomic E-state index is 13.7. The van der Waals surface area contributed by atoms with Crippen molar-refractivity contribution < 1.29 is 14.3 Å². The van der Waals surface area contributed by atoms with Crippen LogP contribution in [-0.4, -0.2) is 47.0 Å². The van der Waals surface area contributed by atoms with E-state index in [0.29, 0.717) is 16.6 Å². The molecule has 39 heavy (non-hydrogen) atoms.